The lowest BCUT2D eigenvalue weighted by Crippen LogP contribution is -2.33. The van der Waals surface area contributed by atoms with Gasteiger partial charge in [0.1, 0.15) is 5.70 Å². The van der Waals surface area contributed by atoms with Crippen LogP contribution in [0.15, 0.2) is 40.5 Å². The number of hydrogen-bond acceptors (Lipinski definition) is 5. The first-order chi connectivity index (χ1) is 16.5. The summed E-state index contributed by atoms with van der Waals surface area (Å²) in [6.07, 6.45) is 8.63. The minimum absolute atomic E-state index is 0.176. The van der Waals surface area contributed by atoms with E-state index in [1.807, 2.05) is 12.1 Å². The van der Waals surface area contributed by atoms with E-state index in [2.05, 4.69) is 10.6 Å². The maximum Gasteiger partial charge on any atom is 0.267 e. The third kappa shape index (κ3) is 6.83. The normalized spacial score (nSPS) is 27.3. The molecule has 2 unspecified atom stereocenters. The molecule has 4 N–H and O–H groups in total. The standard InChI is InChI=1S/C26H35ClN4O3/c27-19-7-4-18(5-8-19)15-30-26(33)25(28)22-10-6-17(2-1-3-20-9-11-24(32)31-20)14-23(22)29-16-21-12-13-34-21/h4-5,7-8,17,20-21H,1-3,6,9-16,28H2,(H,30,33)(H,31,32)/t17?,20-,21?/m0/s1. The molecule has 0 aromatic heterocycles. The Morgan fingerprint density at radius 2 is 1.97 bits per heavy atom. The van der Waals surface area contributed by atoms with E-state index in [1.165, 1.54) is 0 Å². The van der Waals surface area contributed by atoms with Crippen LogP contribution in [0.2, 0.25) is 5.02 Å². The van der Waals surface area contributed by atoms with Crippen LogP contribution in [0.25, 0.3) is 0 Å². The molecule has 3 aliphatic rings. The highest BCUT2D eigenvalue weighted by Gasteiger charge is 2.28. The van der Waals surface area contributed by atoms with Crippen LogP contribution in [-0.2, 0) is 20.9 Å². The van der Waals surface area contributed by atoms with Crippen molar-refractivity contribution in [3.8, 4) is 0 Å². The van der Waals surface area contributed by atoms with Crippen LogP contribution >= 0.6 is 11.6 Å². The Labute approximate surface area is 206 Å². The maximum atomic E-state index is 12.8. The quantitative estimate of drug-likeness (QED) is 0.463. The van der Waals surface area contributed by atoms with E-state index in [1.54, 1.807) is 12.1 Å². The number of allylic oxidation sites excluding steroid dienone is 1. The summed E-state index contributed by atoms with van der Waals surface area (Å²) in [7, 11) is 0. The fraction of sp³-hybridized carbons (Fsp3) is 0.577. The number of benzene rings is 1. The monoisotopic (exact) mass is 486 g/mol. The zero-order valence-electron chi connectivity index (χ0n) is 19.7. The van der Waals surface area contributed by atoms with Gasteiger partial charge in [0.15, 0.2) is 0 Å². The molecule has 1 aromatic carbocycles. The van der Waals surface area contributed by atoms with Gasteiger partial charge in [0.25, 0.3) is 5.91 Å². The minimum atomic E-state index is -0.257. The average Bonchev–Trinajstić information content (AvgIpc) is 3.22. The molecule has 184 valence electrons. The number of hydrogen-bond donors (Lipinski definition) is 3. The molecule has 0 spiro atoms. The summed E-state index contributed by atoms with van der Waals surface area (Å²) in [6, 6.07) is 7.72. The summed E-state index contributed by atoms with van der Waals surface area (Å²) in [5, 5.41) is 6.64. The first-order valence-electron chi connectivity index (χ1n) is 12.4. The molecule has 7 nitrogen and oxygen atoms in total. The highest BCUT2D eigenvalue weighted by atomic mass is 35.5. The Bertz CT molecular complexity index is 940. The van der Waals surface area contributed by atoms with Crippen molar-refractivity contribution in [2.24, 2.45) is 16.6 Å². The van der Waals surface area contributed by atoms with E-state index in [-0.39, 0.29) is 23.6 Å². The Hall–Kier alpha value is -2.38. The van der Waals surface area contributed by atoms with Crippen molar-refractivity contribution in [3.05, 3.63) is 46.1 Å². The molecule has 34 heavy (non-hydrogen) atoms. The van der Waals surface area contributed by atoms with Gasteiger partial charge in [-0.05, 0) is 68.6 Å². The first-order valence-corrected chi connectivity index (χ1v) is 12.8. The van der Waals surface area contributed by atoms with Crippen molar-refractivity contribution in [2.75, 3.05) is 13.2 Å². The molecule has 2 aliphatic heterocycles. The molecule has 1 aromatic rings. The van der Waals surface area contributed by atoms with Crippen molar-refractivity contribution < 1.29 is 14.3 Å². The van der Waals surface area contributed by atoms with Gasteiger partial charge in [-0.25, -0.2) is 0 Å². The van der Waals surface area contributed by atoms with Gasteiger partial charge < -0.3 is 21.1 Å². The molecule has 0 radical (unpaired) electrons. The van der Waals surface area contributed by atoms with Crippen molar-refractivity contribution in [1.82, 2.24) is 10.6 Å². The number of carbonyl (C=O) groups excluding carboxylic acids is 2. The lowest BCUT2D eigenvalue weighted by Gasteiger charge is -2.29. The van der Waals surface area contributed by atoms with Gasteiger partial charge >= 0.3 is 0 Å². The number of carbonyl (C=O) groups is 2. The first kappa shape index (κ1) is 24.7. The lowest BCUT2D eigenvalue weighted by atomic mass is 9.80. The highest BCUT2D eigenvalue weighted by molar-refractivity contribution is 6.30. The molecule has 8 heteroatoms. The van der Waals surface area contributed by atoms with Gasteiger partial charge in [-0.15, -0.1) is 0 Å². The molecule has 1 saturated carbocycles. The molecule has 2 amide bonds. The number of ether oxygens (including phenoxy) is 1. The molecule has 4 rings (SSSR count). The SMILES string of the molecule is NC(C(=O)NCc1ccc(Cl)cc1)=C1CCC(CCC[C@H]2CCC(=O)N2)CC1=NCC1CCO1. The van der Waals surface area contributed by atoms with Gasteiger partial charge in [-0.2, -0.15) is 0 Å². The Kier molecular flexibility index (Phi) is 8.62. The summed E-state index contributed by atoms with van der Waals surface area (Å²) in [6.45, 7) is 1.82. The fourth-order valence-electron chi connectivity index (χ4n) is 4.89. The second kappa shape index (κ2) is 11.8. The van der Waals surface area contributed by atoms with Crippen LogP contribution in [-0.4, -0.2) is 42.8 Å². The van der Waals surface area contributed by atoms with Gasteiger partial charge in [0, 0.05) is 41.9 Å². The third-order valence-corrected chi connectivity index (χ3v) is 7.35. The molecular formula is C26H35ClN4O3. The summed E-state index contributed by atoms with van der Waals surface area (Å²) in [4.78, 5) is 29.1. The Morgan fingerprint density at radius 1 is 1.18 bits per heavy atom. The number of nitrogens with two attached hydrogens (primary N) is 1. The van der Waals surface area contributed by atoms with E-state index < -0.39 is 0 Å². The molecule has 2 heterocycles. The molecule has 0 bridgehead atoms. The van der Waals surface area contributed by atoms with Crippen molar-refractivity contribution in [2.45, 2.75) is 76.5 Å². The van der Waals surface area contributed by atoms with E-state index in [0.29, 0.717) is 36.5 Å². The summed E-state index contributed by atoms with van der Waals surface area (Å²) >= 11 is 5.94. The number of halogens is 1. The van der Waals surface area contributed by atoms with Crippen LogP contribution in [0.3, 0.4) is 0 Å². The van der Waals surface area contributed by atoms with Crippen molar-refractivity contribution in [1.29, 1.82) is 0 Å². The topological polar surface area (TPSA) is 106 Å². The molecule has 1 aliphatic carbocycles. The van der Waals surface area contributed by atoms with E-state index in [4.69, 9.17) is 27.1 Å². The largest absolute Gasteiger partial charge is 0.394 e. The Balaban J connectivity index is 1.35. The van der Waals surface area contributed by atoms with Crippen LogP contribution < -0.4 is 16.4 Å². The number of nitrogens with zero attached hydrogens (tertiary/aromatic N) is 1. The number of nitrogens with one attached hydrogen (secondary N) is 2. The molecule has 3 atom stereocenters. The zero-order valence-corrected chi connectivity index (χ0v) is 20.4. The highest BCUT2D eigenvalue weighted by Crippen LogP contribution is 2.32. The minimum Gasteiger partial charge on any atom is -0.394 e. The third-order valence-electron chi connectivity index (χ3n) is 7.10. The lowest BCUT2D eigenvalue weighted by molar-refractivity contribution is -0.119. The van der Waals surface area contributed by atoms with Gasteiger partial charge in [0.05, 0.1) is 12.6 Å². The Morgan fingerprint density at radius 3 is 2.65 bits per heavy atom. The summed E-state index contributed by atoms with van der Waals surface area (Å²) < 4.78 is 5.54. The number of aliphatic imine (C=N–C) groups is 1. The van der Waals surface area contributed by atoms with E-state index >= 15 is 0 Å². The number of rotatable bonds is 9. The summed E-state index contributed by atoms with van der Waals surface area (Å²) in [5.41, 5.74) is 9.44. The smallest absolute Gasteiger partial charge is 0.267 e. The average molecular weight is 487 g/mol. The van der Waals surface area contributed by atoms with Gasteiger partial charge in [0.2, 0.25) is 5.91 Å². The molecular weight excluding hydrogens is 452 g/mol. The van der Waals surface area contributed by atoms with Crippen molar-refractivity contribution in [3.63, 3.8) is 0 Å². The van der Waals surface area contributed by atoms with Crippen molar-refractivity contribution >= 4 is 29.1 Å². The van der Waals surface area contributed by atoms with Crippen LogP contribution in [0, 0.1) is 5.92 Å². The van der Waals surface area contributed by atoms with E-state index in [0.717, 1.165) is 74.8 Å². The maximum absolute atomic E-state index is 12.8. The molecule has 3 fully saturated rings. The predicted molar refractivity (Wildman–Crippen MR) is 134 cm³/mol. The van der Waals surface area contributed by atoms with Crippen LogP contribution in [0.4, 0.5) is 0 Å². The second-order valence-electron chi connectivity index (χ2n) is 9.61. The predicted octanol–water partition coefficient (Wildman–Crippen LogP) is 3.65. The van der Waals surface area contributed by atoms with Gasteiger partial charge in [-0.1, -0.05) is 30.2 Å². The van der Waals surface area contributed by atoms with Crippen LogP contribution in [0.1, 0.15) is 63.4 Å². The molecule has 2 saturated heterocycles. The fourth-order valence-corrected chi connectivity index (χ4v) is 5.02. The van der Waals surface area contributed by atoms with Gasteiger partial charge in [-0.3, -0.25) is 14.6 Å². The van der Waals surface area contributed by atoms with Crippen LogP contribution in [0.5, 0.6) is 0 Å². The zero-order chi connectivity index (χ0) is 23.9. The number of amides is 2. The second-order valence-corrected chi connectivity index (χ2v) is 10.0. The summed E-state index contributed by atoms with van der Waals surface area (Å²) in [5.74, 6) is 0.440. The van der Waals surface area contributed by atoms with E-state index in [9.17, 15) is 9.59 Å².